The van der Waals surface area contributed by atoms with Gasteiger partial charge in [0.15, 0.2) is 0 Å². The van der Waals surface area contributed by atoms with E-state index in [1.54, 1.807) is 0 Å². The predicted octanol–water partition coefficient (Wildman–Crippen LogP) is 5.67. The quantitative estimate of drug-likeness (QED) is 0.577. The van der Waals surface area contributed by atoms with Crippen molar-refractivity contribution in [1.82, 2.24) is 0 Å². The van der Waals surface area contributed by atoms with Gasteiger partial charge in [-0.05, 0) is 42.5 Å². The fraction of sp³-hybridized carbons (Fsp3) is 0.188. The zero-order chi connectivity index (χ0) is 20.6. The molecule has 0 bridgehead atoms. The van der Waals surface area contributed by atoms with Gasteiger partial charge in [0, 0.05) is 21.7 Å². The molecule has 0 unspecified atom stereocenters. The molecule has 0 aromatic heterocycles. The van der Waals surface area contributed by atoms with E-state index >= 15 is 0 Å². The highest BCUT2D eigenvalue weighted by Crippen LogP contribution is 2.36. The van der Waals surface area contributed by atoms with Gasteiger partial charge in [-0.3, -0.25) is 4.79 Å². The average Bonchev–Trinajstić information content (AvgIpc) is 2.52. The molecule has 0 heterocycles. The van der Waals surface area contributed by atoms with E-state index in [-0.39, 0.29) is 23.1 Å². The van der Waals surface area contributed by atoms with E-state index < -0.39 is 44.7 Å². The molecule has 146 valence electrons. The van der Waals surface area contributed by atoms with Gasteiger partial charge in [0.05, 0.1) is 20.9 Å². The summed E-state index contributed by atoms with van der Waals surface area (Å²) >= 11 is 5.68. The molecular formula is C16H10ClF6NO2S. The van der Waals surface area contributed by atoms with E-state index in [1.807, 2.05) is 0 Å². The minimum absolute atomic E-state index is 0.0447. The molecule has 1 amide bonds. The molecule has 0 aliphatic carbocycles. The molecule has 0 fully saturated rings. The molecule has 1 atom stereocenters. The van der Waals surface area contributed by atoms with Crippen molar-refractivity contribution < 1.29 is 35.3 Å². The second kappa shape index (κ2) is 7.16. The van der Waals surface area contributed by atoms with E-state index in [9.17, 15) is 35.3 Å². The van der Waals surface area contributed by atoms with Gasteiger partial charge in [-0.15, -0.1) is 0 Å². The standard InChI is InChI=1S/C16H10ClF6NO2S/c1-27(26,13-4-2-12(17)3-5-13)24-14(25)9-6-10(15(18,19)20)8-11(7-9)16(21,22)23/h2-8H,1H3/t27-/m1/s1. The molecule has 2 rings (SSSR count). The number of hydrogen-bond acceptors (Lipinski definition) is 2. The molecule has 3 nitrogen and oxygen atoms in total. The summed E-state index contributed by atoms with van der Waals surface area (Å²) in [5.41, 5.74) is -4.30. The van der Waals surface area contributed by atoms with Crippen LogP contribution >= 0.6 is 11.6 Å². The zero-order valence-electron chi connectivity index (χ0n) is 13.4. The smallest absolute Gasteiger partial charge is 0.266 e. The third-order valence-electron chi connectivity index (χ3n) is 3.34. The second-order valence-electron chi connectivity index (χ2n) is 5.45. The summed E-state index contributed by atoms with van der Waals surface area (Å²) in [7, 11) is -3.42. The van der Waals surface area contributed by atoms with Gasteiger partial charge in [-0.1, -0.05) is 11.6 Å². The molecule has 0 saturated carbocycles. The fourth-order valence-electron chi connectivity index (χ4n) is 2.03. The summed E-state index contributed by atoms with van der Waals surface area (Å²) in [5.74, 6) is -1.46. The van der Waals surface area contributed by atoms with E-state index in [4.69, 9.17) is 11.6 Å². The van der Waals surface area contributed by atoms with Gasteiger partial charge < -0.3 is 0 Å². The monoisotopic (exact) mass is 429 g/mol. The Labute approximate surface area is 155 Å². The van der Waals surface area contributed by atoms with Crippen LogP contribution in [0, 0.1) is 0 Å². The van der Waals surface area contributed by atoms with Crippen molar-refractivity contribution in [2.24, 2.45) is 4.36 Å². The maximum atomic E-state index is 12.9. The highest BCUT2D eigenvalue weighted by atomic mass is 35.5. The molecule has 0 N–H and O–H groups in total. The Morgan fingerprint density at radius 2 is 1.37 bits per heavy atom. The molecule has 0 radical (unpaired) electrons. The Kier molecular flexibility index (Phi) is 5.63. The van der Waals surface area contributed by atoms with Crippen molar-refractivity contribution in [3.05, 3.63) is 64.2 Å². The summed E-state index contributed by atoms with van der Waals surface area (Å²) in [5, 5.41) is 0.299. The molecule has 0 spiro atoms. The van der Waals surface area contributed by atoms with Crippen molar-refractivity contribution in [3.63, 3.8) is 0 Å². The molecule has 2 aromatic carbocycles. The number of carbonyl (C=O) groups is 1. The van der Waals surface area contributed by atoms with Gasteiger partial charge in [0.1, 0.15) is 0 Å². The molecule has 27 heavy (non-hydrogen) atoms. The van der Waals surface area contributed by atoms with Crippen LogP contribution < -0.4 is 0 Å². The lowest BCUT2D eigenvalue weighted by molar-refractivity contribution is -0.143. The van der Waals surface area contributed by atoms with Crippen LogP contribution in [-0.2, 0) is 22.1 Å². The van der Waals surface area contributed by atoms with Crippen LogP contribution in [0.25, 0.3) is 0 Å². The molecular weight excluding hydrogens is 420 g/mol. The number of alkyl halides is 6. The highest BCUT2D eigenvalue weighted by molar-refractivity contribution is 7.93. The Morgan fingerprint density at radius 1 is 0.926 bits per heavy atom. The number of carbonyl (C=O) groups excluding carboxylic acids is 1. The van der Waals surface area contributed by atoms with Gasteiger partial charge in [-0.25, -0.2) is 4.21 Å². The van der Waals surface area contributed by atoms with Crippen LogP contribution in [0.1, 0.15) is 21.5 Å². The SMILES string of the molecule is C[S@](=O)(=NC(=O)c1cc(C(F)(F)F)cc(C(F)(F)F)c1)c1ccc(Cl)cc1. The number of benzene rings is 2. The van der Waals surface area contributed by atoms with Crippen LogP contribution in [0.3, 0.4) is 0 Å². The van der Waals surface area contributed by atoms with Crippen LogP contribution in [0.4, 0.5) is 26.3 Å². The number of rotatable bonds is 2. The van der Waals surface area contributed by atoms with Crippen molar-refractivity contribution in [2.45, 2.75) is 17.2 Å². The van der Waals surface area contributed by atoms with Crippen molar-refractivity contribution >= 4 is 27.2 Å². The summed E-state index contributed by atoms with van der Waals surface area (Å²) in [6, 6.07) is 5.64. The van der Waals surface area contributed by atoms with Crippen LogP contribution in [-0.4, -0.2) is 16.4 Å². The summed E-state index contributed by atoms with van der Waals surface area (Å²) in [4.78, 5) is 12.2. The number of hydrogen-bond donors (Lipinski definition) is 0. The lowest BCUT2D eigenvalue weighted by Crippen LogP contribution is -2.13. The minimum Gasteiger partial charge on any atom is -0.266 e. The fourth-order valence-corrected chi connectivity index (χ4v) is 3.32. The van der Waals surface area contributed by atoms with E-state index in [0.29, 0.717) is 5.02 Å². The number of halogens is 7. The number of amides is 1. The van der Waals surface area contributed by atoms with Crippen molar-refractivity contribution in [2.75, 3.05) is 6.26 Å². The van der Waals surface area contributed by atoms with E-state index in [2.05, 4.69) is 4.36 Å². The second-order valence-corrected chi connectivity index (χ2v) is 8.14. The summed E-state index contributed by atoms with van der Waals surface area (Å²) in [6.07, 6.45) is -9.19. The molecule has 0 aliphatic heterocycles. The Hall–Kier alpha value is -2.07. The first-order valence-electron chi connectivity index (χ1n) is 7.02. The average molecular weight is 430 g/mol. The summed E-state index contributed by atoms with van der Waals surface area (Å²) in [6.45, 7) is 0. The van der Waals surface area contributed by atoms with Crippen LogP contribution in [0.5, 0.6) is 0 Å². The predicted molar refractivity (Wildman–Crippen MR) is 87.0 cm³/mol. The topological polar surface area (TPSA) is 46.5 Å². The van der Waals surface area contributed by atoms with Crippen LogP contribution in [0.15, 0.2) is 51.7 Å². The number of nitrogens with zero attached hydrogens (tertiary/aromatic N) is 1. The van der Waals surface area contributed by atoms with Gasteiger partial charge >= 0.3 is 12.4 Å². The third-order valence-corrected chi connectivity index (χ3v) is 5.26. The summed E-state index contributed by atoms with van der Waals surface area (Å²) < 4.78 is 93.1. The van der Waals surface area contributed by atoms with E-state index in [0.717, 1.165) is 6.26 Å². The maximum absolute atomic E-state index is 12.9. The van der Waals surface area contributed by atoms with Crippen LogP contribution in [0.2, 0.25) is 5.02 Å². The molecule has 0 aliphatic rings. The maximum Gasteiger partial charge on any atom is 0.416 e. The minimum atomic E-state index is -5.11. The molecule has 11 heteroatoms. The molecule has 0 saturated heterocycles. The first kappa shape index (κ1) is 21.2. The van der Waals surface area contributed by atoms with Gasteiger partial charge in [-0.2, -0.15) is 30.7 Å². The lowest BCUT2D eigenvalue weighted by Gasteiger charge is -2.13. The first-order chi connectivity index (χ1) is 12.2. The Morgan fingerprint density at radius 3 is 1.78 bits per heavy atom. The molecule has 2 aromatic rings. The lowest BCUT2D eigenvalue weighted by atomic mass is 10.0. The van der Waals surface area contributed by atoms with Crippen molar-refractivity contribution in [1.29, 1.82) is 0 Å². The van der Waals surface area contributed by atoms with Gasteiger partial charge in [0.2, 0.25) is 0 Å². The van der Waals surface area contributed by atoms with Gasteiger partial charge in [0.25, 0.3) is 5.91 Å². The third kappa shape index (κ3) is 5.23. The zero-order valence-corrected chi connectivity index (χ0v) is 14.9. The Balaban J connectivity index is 2.58. The Bertz CT molecular complexity index is 957. The first-order valence-corrected chi connectivity index (χ1v) is 9.32. The van der Waals surface area contributed by atoms with Crippen molar-refractivity contribution in [3.8, 4) is 0 Å². The normalized spacial score (nSPS) is 14.5. The van der Waals surface area contributed by atoms with E-state index in [1.165, 1.54) is 24.3 Å². The largest absolute Gasteiger partial charge is 0.416 e. The highest BCUT2D eigenvalue weighted by Gasteiger charge is 2.37.